The molecule has 1 heterocycles. The van der Waals surface area contributed by atoms with E-state index in [1.807, 2.05) is 0 Å². The first kappa shape index (κ1) is 15.0. The minimum absolute atomic E-state index is 0.0348. The summed E-state index contributed by atoms with van der Waals surface area (Å²) in [5, 5.41) is 11.8. The Labute approximate surface area is 122 Å². The summed E-state index contributed by atoms with van der Waals surface area (Å²) >= 11 is 0. The lowest BCUT2D eigenvalue weighted by molar-refractivity contribution is 0.0690. The number of pyridine rings is 1. The van der Waals surface area contributed by atoms with Gasteiger partial charge in [-0.2, -0.15) is 0 Å². The van der Waals surface area contributed by atoms with Crippen LogP contribution in [0.15, 0.2) is 47.4 Å². The number of hydrogen-bond donors (Lipinski definition) is 2. The van der Waals surface area contributed by atoms with Gasteiger partial charge in [0.1, 0.15) is 5.82 Å². The quantitative estimate of drug-likeness (QED) is 0.874. The van der Waals surface area contributed by atoms with E-state index < -0.39 is 15.8 Å². The molecule has 0 saturated carbocycles. The number of rotatable bonds is 5. The van der Waals surface area contributed by atoms with Crippen LogP contribution in [-0.4, -0.2) is 30.7 Å². The van der Waals surface area contributed by atoms with Crippen LogP contribution in [0.1, 0.15) is 16.1 Å². The van der Waals surface area contributed by atoms with Crippen molar-refractivity contribution in [3.05, 3.63) is 53.7 Å². The summed E-state index contributed by atoms with van der Waals surface area (Å²) in [6, 6.07) is 11.1. The van der Waals surface area contributed by atoms with E-state index in [2.05, 4.69) is 10.3 Å². The van der Waals surface area contributed by atoms with Gasteiger partial charge in [-0.05, 0) is 29.8 Å². The number of aromatic carboxylic acids is 1. The van der Waals surface area contributed by atoms with E-state index in [1.54, 1.807) is 24.3 Å². The van der Waals surface area contributed by atoms with Gasteiger partial charge in [-0.15, -0.1) is 0 Å². The lowest BCUT2D eigenvalue weighted by atomic mass is 10.2. The van der Waals surface area contributed by atoms with Crippen LogP contribution < -0.4 is 5.32 Å². The molecule has 0 bridgehead atoms. The van der Waals surface area contributed by atoms with E-state index in [1.165, 1.54) is 18.2 Å². The predicted molar refractivity (Wildman–Crippen MR) is 78.1 cm³/mol. The lowest BCUT2D eigenvalue weighted by Gasteiger charge is -2.07. The number of nitrogens with one attached hydrogen (secondary N) is 1. The number of carbonyl (C=O) groups is 1. The van der Waals surface area contributed by atoms with Crippen LogP contribution in [0.3, 0.4) is 0 Å². The molecule has 2 aromatic rings. The second-order valence-corrected chi connectivity index (χ2v) is 6.50. The van der Waals surface area contributed by atoms with Gasteiger partial charge < -0.3 is 10.4 Å². The van der Waals surface area contributed by atoms with Crippen LogP contribution in [-0.2, 0) is 16.4 Å². The Kier molecular flexibility index (Phi) is 4.23. The standard InChI is InChI=1S/C14H14N2O4S/c1-21(19,20)11-7-5-10(6-8-11)9-15-13-4-2-3-12(16-13)14(17)18/h2-8H,9H2,1H3,(H,15,16)(H,17,18). The maximum Gasteiger partial charge on any atom is 0.354 e. The molecule has 0 atom stereocenters. The second kappa shape index (κ2) is 5.92. The Hall–Kier alpha value is -2.41. The largest absolute Gasteiger partial charge is 0.477 e. The van der Waals surface area contributed by atoms with Crippen molar-refractivity contribution in [1.82, 2.24) is 4.98 Å². The fourth-order valence-electron chi connectivity index (χ4n) is 1.70. The number of carboxylic acids is 1. The molecule has 7 heteroatoms. The number of benzene rings is 1. The zero-order valence-corrected chi connectivity index (χ0v) is 12.1. The van der Waals surface area contributed by atoms with Crippen LogP contribution in [0.25, 0.3) is 0 Å². The molecule has 0 fully saturated rings. The second-order valence-electron chi connectivity index (χ2n) is 4.48. The Morgan fingerprint density at radius 1 is 1.19 bits per heavy atom. The zero-order chi connectivity index (χ0) is 15.5. The van der Waals surface area contributed by atoms with E-state index in [0.717, 1.165) is 11.8 Å². The maximum absolute atomic E-state index is 11.3. The summed E-state index contributed by atoms with van der Waals surface area (Å²) in [4.78, 5) is 15.0. The molecular formula is C14H14N2O4S. The normalized spacial score (nSPS) is 11.1. The monoisotopic (exact) mass is 306 g/mol. The van der Waals surface area contributed by atoms with E-state index in [9.17, 15) is 13.2 Å². The topological polar surface area (TPSA) is 96.4 Å². The molecule has 0 aliphatic heterocycles. The van der Waals surface area contributed by atoms with Crippen molar-refractivity contribution >= 4 is 21.6 Å². The molecule has 1 aromatic heterocycles. The van der Waals surface area contributed by atoms with E-state index in [4.69, 9.17) is 5.11 Å². The summed E-state index contributed by atoms with van der Waals surface area (Å²) in [6.45, 7) is 0.417. The molecule has 0 saturated heterocycles. The average Bonchev–Trinajstić information content (AvgIpc) is 2.45. The maximum atomic E-state index is 11.3. The van der Waals surface area contributed by atoms with Gasteiger partial charge in [-0.25, -0.2) is 18.2 Å². The summed E-state index contributed by atoms with van der Waals surface area (Å²) in [6.07, 6.45) is 1.15. The minimum atomic E-state index is -3.20. The van der Waals surface area contributed by atoms with Crippen molar-refractivity contribution < 1.29 is 18.3 Å². The highest BCUT2D eigenvalue weighted by molar-refractivity contribution is 7.90. The number of sulfone groups is 1. The third-order valence-electron chi connectivity index (χ3n) is 2.79. The fraction of sp³-hybridized carbons (Fsp3) is 0.143. The summed E-state index contributed by atoms with van der Waals surface area (Å²) < 4.78 is 22.7. The highest BCUT2D eigenvalue weighted by Gasteiger charge is 2.07. The fourth-order valence-corrected chi connectivity index (χ4v) is 2.33. The van der Waals surface area contributed by atoms with Gasteiger partial charge in [0, 0.05) is 12.8 Å². The van der Waals surface area contributed by atoms with E-state index in [-0.39, 0.29) is 10.6 Å². The molecule has 6 nitrogen and oxygen atoms in total. The zero-order valence-electron chi connectivity index (χ0n) is 11.3. The van der Waals surface area contributed by atoms with Gasteiger partial charge in [0.2, 0.25) is 0 Å². The van der Waals surface area contributed by atoms with Gasteiger partial charge in [0.25, 0.3) is 0 Å². The SMILES string of the molecule is CS(=O)(=O)c1ccc(CNc2cccc(C(=O)O)n2)cc1. The van der Waals surface area contributed by atoms with Crippen LogP contribution >= 0.6 is 0 Å². The van der Waals surface area contributed by atoms with Gasteiger partial charge in [-0.3, -0.25) is 0 Å². The van der Waals surface area contributed by atoms with Crippen LogP contribution in [0.2, 0.25) is 0 Å². The lowest BCUT2D eigenvalue weighted by Crippen LogP contribution is -2.06. The third-order valence-corrected chi connectivity index (χ3v) is 3.92. The Morgan fingerprint density at radius 2 is 1.86 bits per heavy atom. The Bertz CT molecular complexity index is 755. The molecule has 2 N–H and O–H groups in total. The first-order chi connectivity index (χ1) is 9.86. The number of anilines is 1. The predicted octanol–water partition coefficient (Wildman–Crippen LogP) is 1.80. The molecule has 0 aliphatic rings. The van der Waals surface area contributed by atoms with Crippen molar-refractivity contribution in [1.29, 1.82) is 0 Å². The van der Waals surface area contributed by atoms with Crippen molar-refractivity contribution in [3.63, 3.8) is 0 Å². The van der Waals surface area contributed by atoms with Crippen molar-refractivity contribution in [2.45, 2.75) is 11.4 Å². The van der Waals surface area contributed by atoms with Gasteiger partial charge in [-0.1, -0.05) is 18.2 Å². The van der Waals surface area contributed by atoms with Gasteiger partial charge >= 0.3 is 5.97 Å². The van der Waals surface area contributed by atoms with Crippen molar-refractivity contribution in [2.24, 2.45) is 0 Å². The van der Waals surface area contributed by atoms with E-state index >= 15 is 0 Å². The van der Waals surface area contributed by atoms with Crippen LogP contribution in [0.4, 0.5) is 5.82 Å². The van der Waals surface area contributed by atoms with Gasteiger partial charge in [0.05, 0.1) is 4.90 Å². The molecule has 0 spiro atoms. The van der Waals surface area contributed by atoms with Crippen LogP contribution in [0, 0.1) is 0 Å². The minimum Gasteiger partial charge on any atom is -0.477 e. The molecule has 1 aromatic carbocycles. The highest BCUT2D eigenvalue weighted by atomic mass is 32.2. The number of hydrogen-bond acceptors (Lipinski definition) is 5. The molecule has 2 rings (SSSR count). The Morgan fingerprint density at radius 3 is 2.43 bits per heavy atom. The number of carboxylic acid groups (broad SMARTS) is 1. The number of nitrogens with zero attached hydrogens (tertiary/aromatic N) is 1. The first-order valence-electron chi connectivity index (χ1n) is 6.09. The van der Waals surface area contributed by atoms with Crippen LogP contribution in [0.5, 0.6) is 0 Å². The molecule has 0 radical (unpaired) electrons. The molecule has 0 unspecified atom stereocenters. The summed E-state index contributed by atoms with van der Waals surface area (Å²) in [5.41, 5.74) is 0.831. The third kappa shape index (κ3) is 4.03. The smallest absolute Gasteiger partial charge is 0.354 e. The van der Waals surface area contributed by atoms with Crippen molar-refractivity contribution in [2.75, 3.05) is 11.6 Å². The molecule has 0 aliphatic carbocycles. The summed E-state index contributed by atoms with van der Waals surface area (Å²) in [5.74, 6) is -0.641. The molecule has 0 amide bonds. The highest BCUT2D eigenvalue weighted by Crippen LogP contribution is 2.12. The Balaban J connectivity index is 2.06. The summed E-state index contributed by atoms with van der Waals surface area (Å²) in [7, 11) is -3.20. The molecule has 21 heavy (non-hydrogen) atoms. The van der Waals surface area contributed by atoms with E-state index in [0.29, 0.717) is 12.4 Å². The average molecular weight is 306 g/mol. The molecule has 110 valence electrons. The van der Waals surface area contributed by atoms with Gasteiger partial charge in [0.15, 0.2) is 15.5 Å². The number of aromatic nitrogens is 1. The van der Waals surface area contributed by atoms with Crippen molar-refractivity contribution in [3.8, 4) is 0 Å². The molecular weight excluding hydrogens is 292 g/mol. The first-order valence-corrected chi connectivity index (χ1v) is 7.98.